The molecule has 2 aliphatic heterocycles. The Kier molecular flexibility index (Phi) is 17.4. The number of hydrogen-bond donors (Lipinski definition) is 5. The Labute approximate surface area is 388 Å². The van der Waals surface area contributed by atoms with E-state index in [4.69, 9.17) is 9.47 Å². The van der Waals surface area contributed by atoms with E-state index in [9.17, 15) is 34.2 Å². The number of carbonyl (C=O) groups excluding carboxylic acids is 5. The average Bonchev–Trinajstić information content (AvgIpc) is 3.86. The van der Waals surface area contributed by atoms with Crippen molar-refractivity contribution in [2.75, 3.05) is 13.1 Å². The van der Waals surface area contributed by atoms with Crippen LogP contribution in [0.3, 0.4) is 0 Å². The molecular weight excluding hydrogens is 847 g/mol. The molecule has 0 saturated carbocycles. The number of rotatable bonds is 18. The summed E-state index contributed by atoms with van der Waals surface area (Å²) in [6.45, 7) is 12.7. The number of unbranched alkanes of at least 4 members (excludes halogenated alkanes) is 4. The van der Waals surface area contributed by atoms with E-state index < -0.39 is 35.8 Å². The van der Waals surface area contributed by atoms with Gasteiger partial charge in [0.15, 0.2) is 0 Å². The van der Waals surface area contributed by atoms with E-state index in [0.29, 0.717) is 25.8 Å². The molecule has 65 heavy (non-hydrogen) atoms. The second kappa shape index (κ2) is 22.7. The number of amides is 4. The van der Waals surface area contributed by atoms with Crippen molar-refractivity contribution in [2.45, 2.75) is 162 Å². The van der Waals surface area contributed by atoms with Crippen molar-refractivity contribution in [2.24, 2.45) is 29.1 Å². The normalized spacial score (nSPS) is 27.0. The number of thiazole rings is 1. The lowest BCUT2D eigenvalue weighted by Gasteiger charge is -2.43. The average molecular weight is 918 g/mol. The number of carbonyl (C=O) groups is 5. The van der Waals surface area contributed by atoms with Gasteiger partial charge in [-0.15, -0.1) is 11.3 Å². The highest BCUT2D eigenvalue weighted by Crippen LogP contribution is 2.45. The van der Waals surface area contributed by atoms with Crippen LogP contribution >= 0.6 is 11.3 Å². The molecular formula is C50H71N5O9S. The first kappa shape index (κ1) is 49.8. The third-order valence-corrected chi connectivity index (χ3v) is 14.5. The van der Waals surface area contributed by atoms with Gasteiger partial charge in [0.1, 0.15) is 24.3 Å². The highest BCUT2D eigenvalue weighted by Gasteiger charge is 2.45. The summed E-state index contributed by atoms with van der Waals surface area (Å²) in [5.74, 6) is -0.545. The van der Waals surface area contributed by atoms with Gasteiger partial charge in [-0.2, -0.15) is 0 Å². The summed E-state index contributed by atoms with van der Waals surface area (Å²) in [7, 11) is 0. The molecule has 0 bridgehead atoms. The van der Waals surface area contributed by atoms with Crippen molar-refractivity contribution in [1.29, 1.82) is 0 Å². The molecule has 5 N–H and O–H groups in total. The molecule has 356 valence electrons. The Morgan fingerprint density at radius 3 is 2.42 bits per heavy atom. The topological polar surface area (TPSA) is 196 Å². The number of nitrogens with one attached hydrogen (secondary N) is 3. The van der Waals surface area contributed by atoms with Gasteiger partial charge in [0.25, 0.3) is 0 Å². The number of aliphatic hydroxyl groups excluding tert-OH is 2. The number of benzene rings is 1. The lowest BCUT2D eigenvalue weighted by molar-refractivity contribution is -0.160. The molecule has 2 aromatic rings. The fraction of sp³-hybridized carbons (Fsp3) is 0.640. The maximum Gasteiger partial charge on any atom is 0.407 e. The van der Waals surface area contributed by atoms with Gasteiger partial charge in [0, 0.05) is 44.8 Å². The number of allylic oxidation sites excluding steroid dienone is 3. The Balaban J connectivity index is 0.892. The molecule has 15 heteroatoms. The van der Waals surface area contributed by atoms with Gasteiger partial charge >= 0.3 is 12.1 Å². The zero-order valence-electron chi connectivity index (χ0n) is 39.1. The van der Waals surface area contributed by atoms with Crippen LogP contribution in [0, 0.1) is 36.0 Å². The molecule has 0 spiro atoms. The molecule has 10 atom stereocenters. The second-order valence-corrected chi connectivity index (χ2v) is 20.8. The Morgan fingerprint density at radius 2 is 1.71 bits per heavy atom. The molecule has 1 aromatic carbocycles. The van der Waals surface area contributed by atoms with Crippen molar-refractivity contribution >= 4 is 41.1 Å². The van der Waals surface area contributed by atoms with E-state index in [0.717, 1.165) is 60.2 Å². The lowest BCUT2D eigenvalue weighted by Crippen LogP contribution is -2.57. The summed E-state index contributed by atoms with van der Waals surface area (Å²) < 4.78 is 11.7. The van der Waals surface area contributed by atoms with Gasteiger partial charge in [-0.1, -0.05) is 96.4 Å². The molecule has 2 aliphatic carbocycles. The number of aryl methyl sites for hydroxylation is 1. The Morgan fingerprint density at radius 1 is 0.969 bits per heavy atom. The number of likely N-dealkylation sites (tertiary alicyclic amines) is 1. The molecule has 1 aromatic heterocycles. The van der Waals surface area contributed by atoms with Crippen LogP contribution in [0.5, 0.6) is 0 Å². The molecule has 0 radical (unpaired) electrons. The van der Waals surface area contributed by atoms with Gasteiger partial charge in [0.05, 0.1) is 34.7 Å². The van der Waals surface area contributed by atoms with E-state index in [2.05, 4.69) is 53.0 Å². The second-order valence-electron chi connectivity index (χ2n) is 19.9. The van der Waals surface area contributed by atoms with Crippen LogP contribution in [-0.4, -0.2) is 99.5 Å². The molecule has 14 nitrogen and oxygen atoms in total. The van der Waals surface area contributed by atoms with E-state index in [1.807, 2.05) is 57.5 Å². The summed E-state index contributed by atoms with van der Waals surface area (Å²) in [5.41, 5.74) is 5.29. The largest absolute Gasteiger partial charge is 0.462 e. The van der Waals surface area contributed by atoms with Crippen LogP contribution in [0.15, 0.2) is 53.6 Å². The Bertz CT molecular complexity index is 2030. The predicted octanol–water partition coefficient (Wildman–Crippen LogP) is 6.91. The molecule has 2 saturated heterocycles. The van der Waals surface area contributed by atoms with Crippen LogP contribution in [-0.2, 0) is 35.2 Å². The number of hydrogen-bond acceptors (Lipinski definition) is 11. The molecule has 6 rings (SSSR count). The number of nitrogens with zero attached hydrogens (tertiary/aromatic N) is 2. The fourth-order valence-electron chi connectivity index (χ4n) is 9.96. The number of cyclic esters (lactones) is 1. The minimum Gasteiger partial charge on any atom is -0.462 e. The summed E-state index contributed by atoms with van der Waals surface area (Å²) in [4.78, 5) is 72.6. The zero-order valence-corrected chi connectivity index (χ0v) is 39.9. The van der Waals surface area contributed by atoms with Crippen LogP contribution in [0.25, 0.3) is 10.4 Å². The number of fused-ring (bicyclic) bond motifs is 1. The van der Waals surface area contributed by atoms with Crippen molar-refractivity contribution in [3.8, 4) is 10.4 Å². The number of aromatic nitrogens is 1. The third-order valence-electron chi connectivity index (χ3n) is 13.5. The van der Waals surface area contributed by atoms with Crippen LogP contribution in [0.1, 0.15) is 123 Å². The monoisotopic (exact) mass is 917 g/mol. The first-order valence-corrected chi connectivity index (χ1v) is 24.6. The smallest absolute Gasteiger partial charge is 0.407 e. The fourth-order valence-corrected chi connectivity index (χ4v) is 10.8. The quantitative estimate of drug-likeness (QED) is 0.0774. The van der Waals surface area contributed by atoms with E-state index >= 15 is 0 Å². The van der Waals surface area contributed by atoms with Crippen molar-refractivity contribution in [3.63, 3.8) is 0 Å². The van der Waals surface area contributed by atoms with Crippen molar-refractivity contribution in [1.82, 2.24) is 25.8 Å². The highest BCUT2D eigenvalue weighted by atomic mass is 32.1. The standard InChI is InChI=1S/C50H71N5O9S/c1-30-22-35-16-13-31(2)39(20-19-38-24-36(56)26-43(59)63-38)44(35)41(23-30)64-49(62)51-21-11-9-7-8-10-12-42(58)54-46(50(4,5)6)48(61)55-28-37(57)25-40(55)47(60)52-27-33-14-17-34(18-15-33)45-32(3)53-29-65-45/h13-18,22,29-31,36-41,44,46,56-57H,7-12,19-21,23-28H2,1-6H3,(H,51,62)(H,52,60)(H,54,58)/t30-,31-,36+,37+,38+,39-,40-,41-,44-,46+/m0/s1. The van der Waals surface area contributed by atoms with E-state index in [-0.39, 0.29) is 91.9 Å². The Hall–Kier alpha value is -4.60. The van der Waals surface area contributed by atoms with Crippen LogP contribution in [0.4, 0.5) is 4.79 Å². The number of esters is 1. The first-order chi connectivity index (χ1) is 31.0. The predicted molar refractivity (Wildman–Crippen MR) is 249 cm³/mol. The minimum atomic E-state index is -0.884. The van der Waals surface area contributed by atoms with Crippen molar-refractivity contribution < 1.29 is 43.7 Å². The van der Waals surface area contributed by atoms with Gasteiger partial charge in [-0.25, -0.2) is 9.78 Å². The van der Waals surface area contributed by atoms with Gasteiger partial charge in [-0.3, -0.25) is 19.2 Å². The zero-order chi connectivity index (χ0) is 46.8. The van der Waals surface area contributed by atoms with Crippen LogP contribution in [0.2, 0.25) is 0 Å². The summed E-state index contributed by atoms with van der Waals surface area (Å²) in [5, 5.41) is 29.5. The molecule has 2 fully saturated rings. The summed E-state index contributed by atoms with van der Waals surface area (Å²) in [6, 6.07) is 6.17. The maximum absolute atomic E-state index is 14.0. The maximum atomic E-state index is 14.0. The lowest BCUT2D eigenvalue weighted by atomic mass is 9.65. The number of alkyl carbamates (subject to hydrolysis) is 1. The highest BCUT2D eigenvalue weighted by molar-refractivity contribution is 7.13. The molecule has 4 amide bonds. The SMILES string of the molecule is Cc1ncsc1-c1ccc(CNC(=O)[C@@H]2C[C@@H](O)CN2C(=O)[C@@H](NC(=O)CCCCCCCNC(=O)O[C@H]2C[C@@H](C)C=C3C=C[C@H](C)[C@H](CC[C@@H]4C[C@@H](O)CC(=O)O4)[C@H]32)C(C)(C)C)cc1. The number of β-amino-alcohol motifs (C(OH)–C–C–N with tert-alkyl or cyclic N) is 1. The third kappa shape index (κ3) is 13.7. The summed E-state index contributed by atoms with van der Waals surface area (Å²) >= 11 is 1.58. The van der Waals surface area contributed by atoms with Crippen molar-refractivity contribution in [3.05, 3.63) is 64.8 Å². The molecule has 4 aliphatic rings. The van der Waals surface area contributed by atoms with Gasteiger partial charge in [0.2, 0.25) is 17.7 Å². The molecule has 0 unspecified atom stereocenters. The number of ether oxygens (including phenoxy) is 2. The number of aliphatic hydroxyl groups is 2. The minimum absolute atomic E-state index is 0.0131. The van der Waals surface area contributed by atoms with E-state index in [1.165, 1.54) is 10.5 Å². The first-order valence-electron chi connectivity index (χ1n) is 23.7. The van der Waals surface area contributed by atoms with Crippen LogP contribution < -0.4 is 16.0 Å². The van der Waals surface area contributed by atoms with E-state index in [1.54, 1.807) is 11.3 Å². The molecule has 3 heterocycles. The summed E-state index contributed by atoms with van der Waals surface area (Å²) in [6.07, 6.45) is 11.2. The van der Waals surface area contributed by atoms with Gasteiger partial charge in [-0.05, 0) is 78.9 Å². The van der Waals surface area contributed by atoms with Gasteiger partial charge < -0.3 is 40.5 Å².